The lowest BCUT2D eigenvalue weighted by Crippen LogP contribution is -2.22. The summed E-state index contributed by atoms with van der Waals surface area (Å²) >= 11 is 1.82. The second kappa shape index (κ2) is 5.30. The maximum atomic E-state index is 5.31. The van der Waals surface area contributed by atoms with Crippen LogP contribution in [0.5, 0.6) is 5.75 Å². The van der Waals surface area contributed by atoms with Crippen LogP contribution in [0.4, 0.5) is 0 Å². The monoisotopic (exact) mass is 264 g/mol. The summed E-state index contributed by atoms with van der Waals surface area (Å²) in [7, 11) is 1.65. The third-order valence-corrected chi connectivity index (χ3v) is 3.77. The molecular formula is C12H16N4OS. The van der Waals surface area contributed by atoms with Gasteiger partial charge in [-0.2, -0.15) is 5.10 Å². The van der Waals surface area contributed by atoms with Gasteiger partial charge in [-0.1, -0.05) is 6.92 Å². The number of nitrogens with two attached hydrogens (primary N) is 2. The van der Waals surface area contributed by atoms with Gasteiger partial charge in [0.1, 0.15) is 5.75 Å². The van der Waals surface area contributed by atoms with E-state index in [1.807, 2.05) is 30.0 Å². The first-order chi connectivity index (χ1) is 8.60. The molecule has 1 aromatic carbocycles. The highest BCUT2D eigenvalue weighted by Crippen LogP contribution is 2.37. The molecule has 5 nitrogen and oxygen atoms in total. The molecule has 96 valence electrons. The van der Waals surface area contributed by atoms with Gasteiger partial charge in [0.15, 0.2) is 0 Å². The van der Waals surface area contributed by atoms with Crippen LogP contribution in [-0.4, -0.2) is 24.0 Å². The number of hydrogen-bond donors (Lipinski definition) is 2. The van der Waals surface area contributed by atoms with Gasteiger partial charge in [-0.25, -0.2) is 0 Å². The largest absolute Gasteiger partial charge is 0.497 e. The first-order valence-electron chi connectivity index (χ1n) is 5.60. The first-order valence-corrected chi connectivity index (χ1v) is 6.48. The average Bonchev–Trinajstić information content (AvgIpc) is 2.35. The van der Waals surface area contributed by atoms with Crippen molar-refractivity contribution in [3.8, 4) is 5.75 Å². The molecule has 0 bridgehead atoms. The molecule has 0 saturated carbocycles. The molecule has 0 fully saturated rings. The van der Waals surface area contributed by atoms with E-state index in [2.05, 4.69) is 17.1 Å². The summed E-state index contributed by atoms with van der Waals surface area (Å²) in [5.74, 6) is 0.777. The van der Waals surface area contributed by atoms with Crippen molar-refractivity contribution in [1.82, 2.24) is 0 Å². The summed E-state index contributed by atoms with van der Waals surface area (Å²) in [6, 6.07) is 5.96. The lowest BCUT2D eigenvalue weighted by atomic mass is 10.0. The molecule has 0 aromatic heterocycles. The first kappa shape index (κ1) is 12.8. The quantitative estimate of drug-likeness (QED) is 0.482. The predicted molar refractivity (Wildman–Crippen MR) is 75.3 cm³/mol. The fraction of sp³-hybridized carbons (Fsp3) is 0.333. The van der Waals surface area contributed by atoms with Gasteiger partial charge < -0.3 is 16.2 Å². The minimum Gasteiger partial charge on any atom is -0.497 e. The second-order valence-electron chi connectivity index (χ2n) is 4.07. The zero-order valence-electron chi connectivity index (χ0n) is 10.4. The van der Waals surface area contributed by atoms with E-state index in [0.29, 0.717) is 5.25 Å². The van der Waals surface area contributed by atoms with Crippen molar-refractivity contribution in [2.45, 2.75) is 23.5 Å². The molecule has 18 heavy (non-hydrogen) atoms. The molecule has 0 spiro atoms. The van der Waals surface area contributed by atoms with Crippen LogP contribution in [-0.2, 0) is 0 Å². The van der Waals surface area contributed by atoms with Crippen LogP contribution in [0.25, 0.3) is 0 Å². The second-order valence-corrected chi connectivity index (χ2v) is 5.55. The number of thioether (sulfide) groups is 1. The van der Waals surface area contributed by atoms with E-state index in [9.17, 15) is 0 Å². The van der Waals surface area contributed by atoms with Crippen LogP contribution in [0, 0.1) is 0 Å². The Morgan fingerprint density at radius 1 is 1.44 bits per heavy atom. The van der Waals surface area contributed by atoms with E-state index in [1.54, 1.807) is 7.11 Å². The molecule has 1 aliphatic heterocycles. The Morgan fingerprint density at radius 3 is 2.89 bits per heavy atom. The van der Waals surface area contributed by atoms with Crippen LogP contribution < -0.4 is 16.2 Å². The Morgan fingerprint density at radius 2 is 2.22 bits per heavy atom. The van der Waals surface area contributed by atoms with E-state index in [0.717, 1.165) is 23.4 Å². The molecule has 0 aliphatic carbocycles. The van der Waals surface area contributed by atoms with Crippen molar-refractivity contribution < 1.29 is 4.74 Å². The summed E-state index contributed by atoms with van der Waals surface area (Å²) in [5, 5.41) is 8.34. The van der Waals surface area contributed by atoms with Crippen molar-refractivity contribution in [3.05, 3.63) is 23.8 Å². The topological polar surface area (TPSA) is 86.0 Å². The molecule has 0 radical (unpaired) electrons. The Hall–Kier alpha value is -1.69. The van der Waals surface area contributed by atoms with Crippen molar-refractivity contribution in [1.29, 1.82) is 0 Å². The fourth-order valence-electron chi connectivity index (χ4n) is 1.82. The van der Waals surface area contributed by atoms with Crippen LogP contribution >= 0.6 is 11.8 Å². The molecule has 0 amide bonds. The number of methoxy groups -OCH3 is 1. The minimum atomic E-state index is -0.0298. The van der Waals surface area contributed by atoms with E-state index >= 15 is 0 Å². The minimum absolute atomic E-state index is 0.0298. The van der Waals surface area contributed by atoms with Crippen LogP contribution in [0.15, 0.2) is 33.3 Å². The molecule has 1 aliphatic rings. The number of fused-ring (bicyclic) bond motifs is 1. The number of benzene rings is 1. The normalized spacial score (nSPS) is 20.3. The Bertz CT molecular complexity index is 509. The molecule has 4 N–H and O–H groups in total. The van der Waals surface area contributed by atoms with Gasteiger partial charge in [0.05, 0.1) is 12.8 Å². The van der Waals surface area contributed by atoms with E-state index < -0.39 is 0 Å². The molecule has 6 heteroatoms. The number of rotatable bonds is 2. The van der Waals surface area contributed by atoms with Crippen LogP contribution in [0.3, 0.4) is 0 Å². The molecule has 1 unspecified atom stereocenters. The van der Waals surface area contributed by atoms with Crippen molar-refractivity contribution in [2.24, 2.45) is 21.7 Å². The highest BCUT2D eigenvalue weighted by Gasteiger charge is 2.22. The van der Waals surface area contributed by atoms with Gasteiger partial charge in [-0.15, -0.1) is 16.9 Å². The Labute approximate surface area is 110 Å². The number of ether oxygens (including phenoxy) is 1. The summed E-state index contributed by atoms with van der Waals surface area (Å²) < 4.78 is 5.23. The Balaban J connectivity index is 2.45. The SMILES string of the molecule is COc1ccc2c(c1)C(=NN=C(N)N)CC(C)S2. The standard InChI is InChI=1S/C12H16N4OS/c1-7-5-10(15-16-12(13)14)9-6-8(17-2)3-4-11(9)18-7/h3-4,6-7H,5H2,1-2H3,(H4,13,14,16). The maximum absolute atomic E-state index is 5.31. The zero-order valence-corrected chi connectivity index (χ0v) is 11.2. The number of hydrogen-bond acceptors (Lipinski definition) is 4. The third kappa shape index (κ3) is 2.76. The van der Waals surface area contributed by atoms with Gasteiger partial charge >= 0.3 is 0 Å². The molecule has 1 heterocycles. The van der Waals surface area contributed by atoms with Gasteiger partial charge in [0, 0.05) is 22.1 Å². The molecule has 0 saturated heterocycles. The summed E-state index contributed by atoms with van der Waals surface area (Å²) in [4.78, 5) is 1.18. The van der Waals surface area contributed by atoms with Crippen molar-refractivity contribution >= 4 is 23.4 Å². The van der Waals surface area contributed by atoms with Gasteiger partial charge in [0.2, 0.25) is 5.96 Å². The predicted octanol–water partition coefficient (Wildman–Crippen LogP) is 1.56. The fourth-order valence-corrected chi connectivity index (χ4v) is 2.94. The average molecular weight is 264 g/mol. The highest BCUT2D eigenvalue weighted by molar-refractivity contribution is 8.00. The third-order valence-electron chi connectivity index (χ3n) is 2.59. The van der Waals surface area contributed by atoms with Crippen molar-refractivity contribution in [2.75, 3.05) is 7.11 Å². The van der Waals surface area contributed by atoms with E-state index in [-0.39, 0.29) is 5.96 Å². The smallest absolute Gasteiger partial charge is 0.211 e. The summed E-state index contributed by atoms with van der Waals surface area (Å²) in [5.41, 5.74) is 12.6. The van der Waals surface area contributed by atoms with Crippen LogP contribution in [0.1, 0.15) is 18.9 Å². The summed E-state index contributed by atoms with van der Waals surface area (Å²) in [6.45, 7) is 2.16. The van der Waals surface area contributed by atoms with E-state index in [1.165, 1.54) is 4.90 Å². The van der Waals surface area contributed by atoms with Gasteiger partial charge in [-0.3, -0.25) is 0 Å². The van der Waals surface area contributed by atoms with E-state index in [4.69, 9.17) is 16.2 Å². The van der Waals surface area contributed by atoms with Crippen molar-refractivity contribution in [3.63, 3.8) is 0 Å². The molecule has 1 aromatic rings. The molecule has 2 rings (SSSR count). The number of nitrogens with zero attached hydrogens (tertiary/aromatic N) is 2. The van der Waals surface area contributed by atoms with Gasteiger partial charge in [0.25, 0.3) is 0 Å². The Kier molecular flexibility index (Phi) is 3.76. The molecule has 1 atom stereocenters. The maximum Gasteiger partial charge on any atom is 0.211 e. The zero-order chi connectivity index (χ0) is 13.1. The number of guanidine groups is 1. The lowest BCUT2D eigenvalue weighted by Gasteiger charge is -2.22. The van der Waals surface area contributed by atoms with Crippen LogP contribution in [0.2, 0.25) is 0 Å². The molecular weight excluding hydrogens is 248 g/mol. The lowest BCUT2D eigenvalue weighted by molar-refractivity contribution is 0.414. The summed E-state index contributed by atoms with van der Waals surface area (Å²) in [6.07, 6.45) is 0.835. The highest BCUT2D eigenvalue weighted by atomic mass is 32.2. The van der Waals surface area contributed by atoms with Gasteiger partial charge in [-0.05, 0) is 18.2 Å².